The maximum absolute atomic E-state index is 13.0. The van der Waals surface area contributed by atoms with E-state index in [1.54, 1.807) is 6.07 Å². The SMILES string of the molecule is CCC(C)=C(/C=C1/CN(C)CCN1C)Nc1cc(-c2nc(NC(=O)c3ccc(C(C)(C)C)cc3)c(C)s2)n[nH]c1=O. The first-order valence-corrected chi connectivity index (χ1v) is 14.7. The zero-order chi connectivity index (χ0) is 29.9. The van der Waals surface area contributed by atoms with E-state index >= 15 is 0 Å². The Hall–Kier alpha value is -3.76. The van der Waals surface area contributed by atoms with Crippen molar-refractivity contribution in [2.24, 2.45) is 0 Å². The van der Waals surface area contributed by atoms with Gasteiger partial charge in [0.05, 0.1) is 0 Å². The molecule has 0 unspecified atom stereocenters. The van der Waals surface area contributed by atoms with E-state index in [4.69, 9.17) is 0 Å². The van der Waals surface area contributed by atoms with Gasteiger partial charge in [0.2, 0.25) is 0 Å². The highest BCUT2D eigenvalue weighted by molar-refractivity contribution is 7.15. The van der Waals surface area contributed by atoms with Crippen molar-refractivity contribution in [3.05, 3.63) is 79.7 Å². The molecule has 3 heterocycles. The molecule has 0 atom stereocenters. The molecule has 0 spiro atoms. The van der Waals surface area contributed by atoms with Gasteiger partial charge in [-0.05, 0) is 62.6 Å². The molecule has 0 bridgehead atoms. The van der Waals surface area contributed by atoms with Gasteiger partial charge in [-0.2, -0.15) is 5.10 Å². The predicted octanol–water partition coefficient (Wildman–Crippen LogP) is 5.61. The van der Waals surface area contributed by atoms with E-state index < -0.39 is 0 Å². The Balaban J connectivity index is 1.57. The second-order valence-electron chi connectivity index (χ2n) is 11.7. The number of hydrogen-bond acceptors (Lipinski definition) is 8. The summed E-state index contributed by atoms with van der Waals surface area (Å²) in [5, 5.41) is 13.8. The van der Waals surface area contributed by atoms with Crippen LogP contribution in [-0.2, 0) is 5.41 Å². The molecule has 0 saturated carbocycles. The molecular weight excluding hydrogens is 534 g/mol. The van der Waals surface area contributed by atoms with Crippen LogP contribution in [0, 0.1) is 6.92 Å². The lowest BCUT2D eigenvalue weighted by Crippen LogP contribution is -2.40. The summed E-state index contributed by atoms with van der Waals surface area (Å²) >= 11 is 1.41. The summed E-state index contributed by atoms with van der Waals surface area (Å²) in [6.07, 6.45) is 2.97. The third-order valence-corrected chi connectivity index (χ3v) is 8.37. The third kappa shape index (κ3) is 7.31. The van der Waals surface area contributed by atoms with E-state index in [1.165, 1.54) is 17.0 Å². The van der Waals surface area contributed by atoms with Gasteiger partial charge in [-0.3, -0.25) is 14.5 Å². The topological polar surface area (TPSA) is 106 Å². The second-order valence-corrected chi connectivity index (χ2v) is 12.9. The molecular formula is C31H41N7O2S. The first-order valence-electron chi connectivity index (χ1n) is 13.9. The minimum absolute atomic E-state index is 0.0123. The fourth-order valence-corrected chi connectivity index (χ4v) is 5.23. The zero-order valence-electron chi connectivity index (χ0n) is 25.3. The maximum atomic E-state index is 13.0. The van der Waals surface area contributed by atoms with Gasteiger partial charge in [0.25, 0.3) is 11.5 Å². The number of benzene rings is 1. The lowest BCUT2D eigenvalue weighted by Gasteiger charge is -2.34. The average molecular weight is 576 g/mol. The number of allylic oxidation sites excluding steroid dienone is 2. The molecule has 41 heavy (non-hydrogen) atoms. The number of nitrogens with zero attached hydrogens (tertiary/aromatic N) is 4. The minimum atomic E-state index is -0.317. The summed E-state index contributed by atoms with van der Waals surface area (Å²) in [6.45, 7) is 15.3. The zero-order valence-corrected chi connectivity index (χ0v) is 26.1. The smallest absolute Gasteiger partial charge is 0.287 e. The van der Waals surface area contributed by atoms with E-state index in [0.29, 0.717) is 27.8 Å². The molecule has 0 aliphatic carbocycles. The molecule has 1 saturated heterocycles. The molecule has 4 rings (SSSR count). The third-order valence-electron chi connectivity index (χ3n) is 7.37. The van der Waals surface area contributed by atoms with Crippen LogP contribution in [-0.4, -0.2) is 64.6 Å². The van der Waals surface area contributed by atoms with Crippen molar-refractivity contribution >= 4 is 28.7 Å². The molecule has 3 aromatic rings. The van der Waals surface area contributed by atoms with Gasteiger partial charge >= 0.3 is 0 Å². The number of piperazine rings is 1. The van der Waals surface area contributed by atoms with Gasteiger partial charge in [0.15, 0.2) is 0 Å². The van der Waals surface area contributed by atoms with E-state index in [1.807, 2.05) is 31.2 Å². The van der Waals surface area contributed by atoms with Crippen LogP contribution in [0.15, 0.2) is 58.2 Å². The summed E-state index contributed by atoms with van der Waals surface area (Å²) < 4.78 is 0. The van der Waals surface area contributed by atoms with Crippen LogP contribution in [0.2, 0.25) is 0 Å². The van der Waals surface area contributed by atoms with Crippen molar-refractivity contribution < 1.29 is 4.79 Å². The molecule has 1 fully saturated rings. The van der Waals surface area contributed by atoms with Crippen molar-refractivity contribution in [3.8, 4) is 10.7 Å². The summed E-state index contributed by atoms with van der Waals surface area (Å²) in [7, 11) is 4.21. The van der Waals surface area contributed by atoms with Crippen LogP contribution in [0.25, 0.3) is 10.7 Å². The lowest BCUT2D eigenvalue weighted by atomic mass is 9.87. The van der Waals surface area contributed by atoms with Crippen LogP contribution in [0.3, 0.4) is 0 Å². The number of aromatic amines is 1. The highest BCUT2D eigenvalue weighted by Crippen LogP contribution is 2.30. The molecule has 1 aliphatic rings. The van der Waals surface area contributed by atoms with E-state index in [-0.39, 0.29) is 16.9 Å². The monoisotopic (exact) mass is 575 g/mol. The van der Waals surface area contributed by atoms with Gasteiger partial charge in [0.1, 0.15) is 22.2 Å². The van der Waals surface area contributed by atoms with Crippen LogP contribution < -0.4 is 16.2 Å². The molecule has 10 heteroatoms. The summed E-state index contributed by atoms with van der Waals surface area (Å²) in [6, 6.07) is 9.35. The fourth-order valence-electron chi connectivity index (χ4n) is 4.40. The average Bonchev–Trinajstić information content (AvgIpc) is 3.30. The van der Waals surface area contributed by atoms with Crippen molar-refractivity contribution in [2.45, 2.75) is 53.4 Å². The Morgan fingerprint density at radius 1 is 1.15 bits per heavy atom. The molecule has 1 aromatic carbocycles. The number of carbonyl (C=O) groups is 1. The van der Waals surface area contributed by atoms with Crippen molar-refractivity contribution in [3.63, 3.8) is 0 Å². The molecule has 9 nitrogen and oxygen atoms in total. The molecule has 0 radical (unpaired) electrons. The van der Waals surface area contributed by atoms with Crippen LogP contribution in [0.1, 0.15) is 61.8 Å². The Morgan fingerprint density at radius 3 is 2.51 bits per heavy atom. The quantitative estimate of drug-likeness (QED) is 0.336. The minimum Gasteiger partial charge on any atom is -0.375 e. The Kier molecular flexibility index (Phi) is 9.14. The fraction of sp³-hybridized carbons (Fsp3) is 0.419. The highest BCUT2D eigenvalue weighted by atomic mass is 32.1. The number of anilines is 2. The van der Waals surface area contributed by atoms with E-state index in [0.717, 1.165) is 47.8 Å². The van der Waals surface area contributed by atoms with Crippen LogP contribution >= 0.6 is 11.3 Å². The Labute approximate surface area is 246 Å². The number of thiazole rings is 1. The number of aryl methyl sites for hydroxylation is 1. The number of hydrogen-bond donors (Lipinski definition) is 3. The summed E-state index contributed by atoms with van der Waals surface area (Å²) in [4.78, 5) is 35.8. The van der Waals surface area contributed by atoms with Crippen molar-refractivity contribution in [1.29, 1.82) is 0 Å². The molecule has 2 aromatic heterocycles. The number of H-pyrrole nitrogens is 1. The number of rotatable bonds is 7. The molecule has 1 amide bonds. The van der Waals surface area contributed by atoms with Gasteiger partial charge in [-0.1, -0.05) is 45.4 Å². The molecule has 218 valence electrons. The second kappa shape index (κ2) is 12.4. The lowest BCUT2D eigenvalue weighted by molar-refractivity contribution is 0.102. The first kappa shape index (κ1) is 30.2. The van der Waals surface area contributed by atoms with Gasteiger partial charge in [0, 0.05) is 48.5 Å². The highest BCUT2D eigenvalue weighted by Gasteiger charge is 2.19. The normalized spacial score (nSPS) is 16.1. The van der Waals surface area contributed by atoms with Gasteiger partial charge in [-0.25, -0.2) is 10.1 Å². The molecule has 1 aliphatic heterocycles. The largest absolute Gasteiger partial charge is 0.375 e. The van der Waals surface area contributed by atoms with Crippen LogP contribution in [0.4, 0.5) is 11.5 Å². The number of nitrogens with one attached hydrogen (secondary N) is 3. The number of amides is 1. The number of carbonyl (C=O) groups excluding carboxylic acids is 1. The molecule has 3 N–H and O–H groups in total. The standard InChI is InChI=1S/C31H41N7O2S/c1-9-19(2)24(16-23-18-37(7)14-15-38(23)8)32-25-17-26(35-36-29(25)40)30-34-27(20(3)41-30)33-28(39)21-10-12-22(13-11-21)31(4,5)6/h10-13,16-17H,9,14-15,18H2,1-8H3,(H,32,35)(H,33,39)(H,36,40)/b23-16-,24-19?. The van der Waals surface area contributed by atoms with Crippen molar-refractivity contribution in [2.75, 3.05) is 44.4 Å². The summed E-state index contributed by atoms with van der Waals surface area (Å²) in [5.41, 5.74) is 5.55. The van der Waals surface area contributed by atoms with E-state index in [2.05, 4.69) is 90.4 Å². The number of aromatic nitrogens is 3. The van der Waals surface area contributed by atoms with Gasteiger partial charge in [-0.15, -0.1) is 11.3 Å². The van der Waals surface area contributed by atoms with E-state index in [9.17, 15) is 9.59 Å². The predicted molar refractivity (Wildman–Crippen MR) is 169 cm³/mol. The number of likely N-dealkylation sites (N-methyl/N-ethyl adjacent to an activating group) is 2. The Morgan fingerprint density at radius 2 is 1.85 bits per heavy atom. The Bertz CT molecular complexity index is 1530. The van der Waals surface area contributed by atoms with Gasteiger partial charge < -0.3 is 15.5 Å². The first-order chi connectivity index (χ1) is 19.3. The van der Waals surface area contributed by atoms with Crippen LogP contribution in [0.5, 0.6) is 0 Å². The summed E-state index contributed by atoms with van der Waals surface area (Å²) in [5.74, 6) is 0.257. The maximum Gasteiger partial charge on any atom is 0.287 e. The van der Waals surface area contributed by atoms with Crippen molar-refractivity contribution in [1.82, 2.24) is 25.0 Å².